The average molecular weight is 564 g/mol. The fraction of sp³-hybridized carbons (Fsp3) is 0.333. The molecule has 1 aliphatic carbocycles. The number of aromatic nitrogens is 3. The zero-order chi connectivity index (χ0) is 28.9. The molecule has 41 heavy (non-hydrogen) atoms. The minimum atomic E-state index is -4.71. The molecule has 8 nitrogen and oxygen atoms in total. The van der Waals surface area contributed by atoms with Gasteiger partial charge in [0.2, 0.25) is 0 Å². The second-order valence-electron chi connectivity index (χ2n) is 10.4. The number of piperazine rings is 1. The second kappa shape index (κ2) is 10.3. The summed E-state index contributed by atoms with van der Waals surface area (Å²) in [6.45, 7) is 3.02. The monoisotopic (exact) mass is 563 g/mol. The van der Waals surface area contributed by atoms with Crippen LogP contribution in [0.25, 0.3) is 16.9 Å². The number of rotatable bonds is 5. The van der Waals surface area contributed by atoms with Crippen LogP contribution in [0.2, 0.25) is 0 Å². The zero-order valence-corrected chi connectivity index (χ0v) is 22.6. The minimum absolute atomic E-state index is 0.00855. The number of benzene rings is 2. The third-order valence-electron chi connectivity index (χ3n) is 8.04. The highest BCUT2D eigenvalue weighted by Gasteiger charge is 2.41. The summed E-state index contributed by atoms with van der Waals surface area (Å²) in [6.07, 6.45) is -2.10. The number of aldehydes is 1. The molecule has 1 amide bonds. The Hall–Kier alpha value is -4.25. The van der Waals surface area contributed by atoms with Gasteiger partial charge in [-0.15, -0.1) is 0 Å². The summed E-state index contributed by atoms with van der Waals surface area (Å²) in [5, 5.41) is 4.02. The second-order valence-corrected chi connectivity index (χ2v) is 10.4. The number of nitrogens with zero attached hydrogens (tertiary/aromatic N) is 5. The van der Waals surface area contributed by atoms with Gasteiger partial charge < -0.3 is 14.4 Å². The van der Waals surface area contributed by atoms with Gasteiger partial charge in [-0.05, 0) is 49.1 Å². The Labute approximate surface area is 234 Å². The Balaban J connectivity index is 1.37. The van der Waals surface area contributed by atoms with Crippen molar-refractivity contribution in [2.75, 3.05) is 26.7 Å². The van der Waals surface area contributed by atoms with Gasteiger partial charge in [0.05, 0.1) is 25.0 Å². The number of halogens is 3. The SMILES string of the molecule is COc1ccc2c(c1)CCc1c-2nc2c(C(=O)N3CCN([C@@H](C=O)c4ccccc4)C[C@H]3C)cnn2c1C(F)(F)F. The minimum Gasteiger partial charge on any atom is -0.497 e. The van der Waals surface area contributed by atoms with Crippen LogP contribution in [0.3, 0.4) is 0 Å². The lowest BCUT2D eigenvalue weighted by atomic mass is 9.87. The van der Waals surface area contributed by atoms with Gasteiger partial charge in [-0.25, -0.2) is 9.50 Å². The molecule has 2 aliphatic rings. The fourth-order valence-electron chi connectivity index (χ4n) is 6.04. The molecule has 0 bridgehead atoms. The summed E-state index contributed by atoms with van der Waals surface area (Å²) >= 11 is 0. The Morgan fingerprint density at radius 3 is 2.59 bits per heavy atom. The molecule has 0 saturated carbocycles. The molecule has 1 fully saturated rings. The first kappa shape index (κ1) is 26.9. The Kier molecular flexibility index (Phi) is 6.77. The van der Waals surface area contributed by atoms with Crippen LogP contribution in [0.4, 0.5) is 13.2 Å². The van der Waals surface area contributed by atoms with Crippen LogP contribution >= 0.6 is 0 Å². The van der Waals surface area contributed by atoms with E-state index in [0.29, 0.717) is 37.4 Å². The molecule has 0 unspecified atom stereocenters. The molecular weight excluding hydrogens is 535 g/mol. The quantitative estimate of drug-likeness (QED) is 0.330. The normalized spacial score (nSPS) is 18.1. The molecule has 0 radical (unpaired) electrons. The van der Waals surface area contributed by atoms with Gasteiger partial charge in [0.1, 0.15) is 17.6 Å². The molecular formula is C30H28F3N5O3. The summed E-state index contributed by atoms with van der Waals surface area (Å²) in [5.74, 6) is 0.169. The standard InChI is InChI=1S/C30H28F3N5O3/c1-18-16-36(25(17-39)19-6-4-3-5-7-19)12-13-37(18)29(40)24-15-34-38-27(30(31,32)33)23-10-8-20-14-21(41-2)9-11-22(20)26(23)35-28(24)38/h3-7,9,11,14-15,17-18,25H,8,10,12-13,16H2,1-2H3/t18-,25+/m1/s1. The summed E-state index contributed by atoms with van der Waals surface area (Å²) in [7, 11) is 1.54. The summed E-state index contributed by atoms with van der Waals surface area (Å²) in [6, 6.07) is 13.9. The Morgan fingerprint density at radius 1 is 1.12 bits per heavy atom. The predicted octanol–water partition coefficient (Wildman–Crippen LogP) is 4.61. The van der Waals surface area contributed by atoms with E-state index in [2.05, 4.69) is 10.1 Å². The van der Waals surface area contributed by atoms with Crippen molar-refractivity contribution < 1.29 is 27.5 Å². The Morgan fingerprint density at radius 2 is 1.90 bits per heavy atom. The third kappa shape index (κ3) is 4.63. The fourth-order valence-corrected chi connectivity index (χ4v) is 6.04. The number of carbonyl (C=O) groups is 2. The number of ether oxygens (including phenoxy) is 1. The van der Waals surface area contributed by atoms with Gasteiger partial charge in [-0.3, -0.25) is 9.69 Å². The van der Waals surface area contributed by atoms with E-state index in [0.717, 1.165) is 21.9 Å². The maximum Gasteiger partial charge on any atom is 0.433 e. The lowest BCUT2D eigenvalue weighted by Crippen LogP contribution is -2.54. The van der Waals surface area contributed by atoms with Crippen molar-refractivity contribution in [3.05, 3.63) is 82.7 Å². The van der Waals surface area contributed by atoms with E-state index >= 15 is 0 Å². The molecule has 11 heteroatoms. The molecule has 0 N–H and O–H groups in total. The number of hydrogen-bond donors (Lipinski definition) is 0. The summed E-state index contributed by atoms with van der Waals surface area (Å²) in [4.78, 5) is 34.0. The number of methoxy groups -OCH3 is 1. The van der Waals surface area contributed by atoms with Gasteiger partial charge in [0.25, 0.3) is 5.91 Å². The van der Waals surface area contributed by atoms with E-state index in [1.807, 2.05) is 48.2 Å². The van der Waals surface area contributed by atoms with E-state index in [1.165, 1.54) is 13.3 Å². The maximum atomic E-state index is 14.5. The van der Waals surface area contributed by atoms with Crippen LogP contribution in [0.15, 0.2) is 54.7 Å². The summed E-state index contributed by atoms with van der Waals surface area (Å²) in [5.41, 5.74) is 1.52. The largest absolute Gasteiger partial charge is 0.497 e. The van der Waals surface area contributed by atoms with Gasteiger partial charge in [-0.2, -0.15) is 18.3 Å². The topological polar surface area (TPSA) is 80.0 Å². The first-order valence-electron chi connectivity index (χ1n) is 13.4. The molecule has 0 spiro atoms. The van der Waals surface area contributed by atoms with E-state index in [4.69, 9.17) is 4.74 Å². The van der Waals surface area contributed by atoms with Crippen LogP contribution in [0, 0.1) is 0 Å². The highest BCUT2D eigenvalue weighted by molar-refractivity contribution is 6.00. The average Bonchev–Trinajstić information content (AvgIpc) is 3.39. The van der Waals surface area contributed by atoms with Crippen molar-refractivity contribution in [3.8, 4) is 17.0 Å². The van der Waals surface area contributed by atoms with Crippen LogP contribution in [-0.4, -0.2) is 69.4 Å². The van der Waals surface area contributed by atoms with Crippen molar-refractivity contribution in [3.63, 3.8) is 0 Å². The van der Waals surface area contributed by atoms with E-state index in [1.54, 1.807) is 17.0 Å². The molecule has 6 rings (SSSR count). The molecule has 1 saturated heterocycles. The van der Waals surface area contributed by atoms with Gasteiger partial charge in [-0.1, -0.05) is 30.3 Å². The maximum absolute atomic E-state index is 14.5. The molecule has 2 atom stereocenters. The van der Waals surface area contributed by atoms with Crippen molar-refractivity contribution >= 4 is 17.8 Å². The van der Waals surface area contributed by atoms with Crippen molar-refractivity contribution in [1.82, 2.24) is 24.4 Å². The van der Waals surface area contributed by atoms with Crippen LogP contribution in [-0.2, 0) is 23.8 Å². The molecule has 4 aromatic rings. The smallest absolute Gasteiger partial charge is 0.433 e. The number of alkyl halides is 3. The van der Waals surface area contributed by atoms with E-state index < -0.39 is 23.8 Å². The predicted molar refractivity (Wildman–Crippen MR) is 145 cm³/mol. The lowest BCUT2D eigenvalue weighted by Gasteiger charge is -2.42. The number of carbonyl (C=O) groups excluding carboxylic acids is 2. The number of aryl methyl sites for hydroxylation is 1. The van der Waals surface area contributed by atoms with Crippen LogP contribution in [0.5, 0.6) is 5.75 Å². The molecule has 3 heterocycles. The third-order valence-corrected chi connectivity index (χ3v) is 8.04. The van der Waals surface area contributed by atoms with Crippen molar-refractivity contribution in [1.29, 1.82) is 0 Å². The van der Waals surface area contributed by atoms with Gasteiger partial charge in [0.15, 0.2) is 11.3 Å². The first-order valence-corrected chi connectivity index (χ1v) is 13.4. The highest BCUT2D eigenvalue weighted by Crippen LogP contribution is 2.42. The zero-order valence-electron chi connectivity index (χ0n) is 22.6. The summed E-state index contributed by atoms with van der Waals surface area (Å²) < 4.78 is 49.5. The number of fused-ring (bicyclic) bond motifs is 4. The molecule has 1 aliphatic heterocycles. The Bertz CT molecular complexity index is 1640. The number of amides is 1. The lowest BCUT2D eigenvalue weighted by molar-refractivity contribution is -0.143. The molecule has 2 aromatic heterocycles. The van der Waals surface area contributed by atoms with Gasteiger partial charge in [0, 0.05) is 36.8 Å². The molecule has 212 valence electrons. The van der Waals surface area contributed by atoms with Gasteiger partial charge >= 0.3 is 6.18 Å². The van der Waals surface area contributed by atoms with E-state index in [9.17, 15) is 22.8 Å². The van der Waals surface area contributed by atoms with Crippen molar-refractivity contribution in [2.45, 2.75) is 38.0 Å². The van der Waals surface area contributed by atoms with Crippen molar-refractivity contribution in [2.24, 2.45) is 0 Å². The van der Waals surface area contributed by atoms with E-state index in [-0.39, 0.29) is 34.9 Å². The number of hydrogen-bond acceptors (Lipinski definition) is 6. The van der Waals surface area contributed by atoms with Crippen LogP contribution < -0.4 is 4.74 Å². The molecule has 2 aromatic carbocycles. The highest BCUT2D eigenvalue weighted by atomic mass is 19.4. The van der Waals surface area contributed by atoms with Crippen LogP contribution in [0.1, 0.15) is 45.7 Å². The first-order chi connectivity index (χ1) is 19.7.